The quantitative estimate of drug-likeness (QED) is 0.866. The van der Waals surface area contributed by atoms with E-state index < -0.39 is 29.5 Å². The lowest BCUT2D eigenvalue weighted by atomic mass is 10.0. The number of hydrogen-bond donors (Lipinski definition) is 1. The number of amides is 2. The van der Waals surface area contributed by atoms with E-state index in [9.17, 15) is 22.8 Å². The fourth-order valence-electron chi connectivity index (χ4n) is 2.72. The Labute approximate surface area is 150 Å². The van der Waals surface area contributed by atoms with Gasteiger partial charge in [-0.3, -0.25) is 4.79 Å². The fraction of sp³-hybridized carbons (Fsp3) is 0.556. The average Bonchev–Trinajstić information content (AvgIpc) is 2.67. The second-order valence-corrected chi connectivity index (χ2v) is 7.28. The number of ether oxygens (including phenoxy) is 1. The third-order valence-corrected chi connectivity index (χ3v) is 3.91. The van der Waals surface area contributed by atoms with E-state index >= 15 is 0 Å². The lowest BCUT2D eigenvalue weighted by Gasteiger charge is -2.32. The zero-order chi connectivity index (χ0) is 19.5. The summed E-state index contributed by atoms with van der Waals surface area (Å²) in [4.78, 5) is 25.6. The van der Waals surface area contributed by atoms with E-state index in [1.54, 1.807) is 26.8 Å². The van der Waals surface area contributed by atoms with E-state index in [1.165, 1.54) is 11.0 Å². The van der Waals surface area contributed by atoms with Crippen molar-refractivity contribution in [2.24, 2.45) is 0 Å². The van der Waals surface area contributed by atoms with Crippen molar-refractivity contribution in [3.05, 3.63) is 35.4 Å². The van der Waals surface area contributed by atoms with Gasteiger partial charge in [-0.1, -0.05) is 18.2 Å². The molecule has 1 heterocycles. The first-order valence-electron chi connectivity index (χ1n) is 8.38. The number of rotatable bonds is 2. The van der Waals surface area contributed by atoms with Crippen LogP contribution in [-0.4, -0.2) is 41.6 Å². The van der Waals surface area contributed by atoms with E-state index in [0.717, 1.165) is 12.1 Å². The van der Waals surface area contributed by atoms with Gasteiger partial charge in [-0.15, -0.1) is 0 Å². The summed E-state index contributed by atoms with van der Waals surface area (Å²) in [6, 6.07) is 4.50. The number of halogens is 3. The molecule has 144 valence electrons. The Morgan fingerprint density at radius 3 is 2.62 bits per heavy atom. The Bertz CT molecular complexity index is 668. The second-order valence-electron chi connectivity index (χ2n) is 7.28. The molecule has 2 rings (SSSR count). The van der Waals surface area contributed by atoms with Crippen molar-refractivity contribution in [3.63, 3.8) is 0 Å². The maximum atomic E-state index is 12.9. The lowest BCUT2D eigenvalue weighted by molar-refractivity contribution is -0.137. The summed E-state index contributed by atoms with van der Waals surface area (Å²) < 4.78 is 44.1. The van der Waals surface area contributed by atoms with E-state index in [1.807, 2.05) is 0 Å². The number of benzene rings is 1. The Morgan fingerprint density at radius 2 is 2.00 bits per heavy atom. The van der Waals surface area contributed by atoms with Crippen molar-refractivity contribution < 1.29 is 27.5 Å². The number of carbonyl (C=O) groups is 2. The molecule has 0 saturated carbocycles. The summed E-state index contributed by atoms with van der Waals surface area (Å²) in [7, 11) is 0. The number of nitrogens with zero attached hydrogens (tertiary/aromatic N) is 1. The van der Waals surface area contributed by atoms with Crippen molar-refractivity contribution in [1.82, 2.24) is 10.2 Å². The minimum atomic E-state index is -4.43. The molecule has 1 aromatic rings. The zero-order valence-corrected chi connectivity index (χ0v) is 15.0. The predicted molar refractivity (Wildman–Crippen MR) is 89.5 cm³/mol. The number of nitrogens with one attached hydrogen (secondary N) is 1. The van der Waals surface area contributed by atoms with Crippen LogP contribution < -0.4 is 5.32 Å². The second kappa shape index (κ2) is 7.55. The summed E-state index contributed by atoms with van der Waals surface area (Å²) in [6.07, 6.45) is -4.70. The fourth-order valence-corrected chi connectivity index (χ4v) is 2.72. The van der Waals surface area contributed by atoms with Crippen molar-refractivity contribution >= 4 is 12.0 Å². The predicted octanol–water partition coefficient (Wildman–Crippen LogP) is 3.37. The molecule has 5 nitrogen and oxygen atoms in total. The monoisotopic (exact) mass is 372 g/mol. The molecule has 1 fully saturated rings. The molecule has 26 heavy (non-hydrogen) atoms. The number of alkyl halides is 3. The Kier molecular flexibility index (Phi) is 5.83. The maximum absolute atomic E-state index is 12.9. The molecule has 8 heteroatoms. The van der Waals surface area contributed by atoms with Gasteiger partial charge in [0.1, 0.15) is 5.60 Å². The van der Waals surface area contributed by atoms with Crippen molar-refractivity contribution in [3.8, 4) is 0 Å². The van der Waals surface area contributed by atoms with Crippen molar-refractivity contribution in [2.75, 3.05) is 13.1 Å². The van der Waals surface area contributed by atoms with Crippen LogP contribution in [0.4, 0.5) is 18.0 Å². The minimum absolute atomic E-state index is 0.123. The van der Waals surface area contributed by atoms with E-state index in [0.29, 0.717) is 5.56 Å². The molecular formula is C18H23F3N2O3. The molecule has 2 amide bonds. The van der Waals surface area contributed by atoms with Gasteiger partial charge < -0.3 is 15.0 Å². The maximum Gasteiger partial charge on any atom is 0.416 e. The number of hydrogen-bond acceptors (Lipinski definition) is 3. The molecule has 1 aromatic carbocycles. The minimum Gasteiger partial charge on any atom is -0.444 e. The van der Waals surface area contributed by atoms with E-state index in [4.69, 9.17) is 4.74 Å². The van der Waals surface area contributed by atoms with Gasteiger partial charge in [0.15, 0.2) is 0 Å². The third-order valence-electron chi connectivity index (χ3n) is 3.91. The topological polar surface area (TPSA) is 58.6 Å². The van der Waals surface area contributed by atoms with Gasteiger partial charge in [0.05, 0.1) is 11.6 Å². The molecule has 1 N–H and O–H groups in total. The largest absolute Gasteiger partial charge is 0.444 e. The molecule has 0 unspecified atom stereocenters. The molecule has 0 aromatic heterocycles. The van der Waals surface area contributed by atoms with Crippen LogP contribution >= 0.6 is 0 Å². The van der Waals surface area contributed by atoms with Gasteiger partial charge >= 0.3 is 12.3 Å². The van der Waals surface area contributed by atoms with Crippen molar-refractivity contribution in [2.45, 2.75) is 51.4 Å². The van der Waals surface area contributed by atoms with Gasteiger partial charge in [0.25, 0.3) is 0 Å². The molecular weight excluding hydrogens is 349 g/mol. The highest BCUT2D eigenvalue weighted by molar-refractivity contribution is 5.78. The smallest absolute Gasteiger partial charge is 0.416 e. The van der Waals surface area contributed by atoms with Crippen LogP contribution in [-0.2, 0) is 22.1 Å². The summed E-state index contributed by atoms with van der Waals surface area (Å²) in [6.45, 7) is 5.51. The van der Waals surface area contributed by atoms with E-state index in [-0.39, 0.29) is 31.8 Å². The molecule has 0 spiro atoms. The number of carbonyl (C=O) groups excluding carboxylic acids is 2. The molecule has 0 radical (unpaired) electrons. The average molecular weight is 372 g/mol. The molecule has 1 aliphatic rings. The van der Waals surface area contributed by atoms with Crippen LogP contribution in [0.2, 0.25) is 0 Å². The highest BCUT2D eigenvalue weighted by Crippen LogP contribution is 2.30. The molecule has 1 aliphatic heterocycles. The normalized spacial score (nSPS) is 18.9. The summed E-state index contributed by atoms with van der Waals surface area (Å²) in [5.74, 6) is -0.204. The van der Waals surface area contributed by atoms with Crippen LogP contribution in [0.3, 0.4) is 0 Å². The first-order chi connectivity index (χ1) is 12.0. The van der Waals surface area contributed by atoms with Crippen LogP contribution in [0, 0.1) is 0 Å². The summed E-state index contributed by atoms with van der Waals surface area (Å²) in [5, 5.41) is 2.70. The lowest BCUT2D eigenvalue weighted by Crippen LogP contribution is -2.47. The van der Waals surface area contributed by atoms with Crippen LogP contribution in [0.1, 0.15) is 38.3 Å². The van der Waals surface area contributed by atoms with Gasteiger partial charge in [0.2, 0.25) is 5.91 Å². The standard InChI is InChI=1S/C18H23F3N2O3/c1-17(2,3)26-16(25)23-8-7-15(24)22-11-14(23)10-12-5-4-6-13(9-12)18(19,20)21/h4-6,9,14H,7-8,10-11H2,1-3H3,(H,22,24)/t14-/m1/s1. The zero-order valence-electron chi connectivity index (χ0n) is 15.0. The Balaban J connectivity index is 2.22. The van der Waals surface area contributed by atoms with Crippen LogP contribution in [0.15, 0.2) is 24.3 Å². The first kappa shape index (κ1) is 20.1. The van der Waals surface area contributed by atoms with Crippen LogP contribution in [0.25, 0.3) is 0 Å². The molecule has 0 bridgehead atoms. The highest BCUT2D eigenvalue weighted by atomic mass is 19.4. The molecule has 0 aliphatic carbocycles. The highest BCUT2D eigenvalue weighted by Gasteiger charge is 2.33. The Morgan fingerprint density at radius 1 is 1.31 bits per heavy atom. The van der Waals surface area contributed by atoms with Gasteiger partial charge in [-0.25, -0.2) is 4.79 Å². The van der Waals surface area contributed by atoms with Gasteiger partial charge in [-0.2, -0.15) is 13.2 Å². The third kappa shape index (κ3) is 5.64. The van der Waals surface area contributed by atoms with Crippen molar-refractivity contribution in [1.29, 1.82) is 0 Å². The van der Waals surface area contributed by atoms with Gasteiger partial charge in [-0.05, 0) is 38.8 Å². The molecule has 1 saturated heterocycles. The SMILES string of the molecule is CC(C)(C)OC(=O)N1CCC(=O)NC[C@H]1Cc1cccc(C(F)(F)F)c1. The summed E-state index contributed by atoms with van der Waals surface area (Å²) >= 11 is 0. The van der Waals surface area contributed by atoms with Gasteiger partial charge in [0, 0.05) is 19.5 Å². The van der Waals surface area contributed by atoms with Crippen LogP contribution in [0.5, 0.6) is 0 Å². The molecule has 1 atom stereocenters. The summed E-state index contributed by atoms with van der Waals surface area (Å²) in [5.41, 5.74) is -1.01. The Hall–Kier alpha value is -2.25. The van der Waals surface area contributed by atoms with E-state index in [2.05, 4.69) is 5.32 Å². The first-order valence-corrected chi connectivity index (χ1v) is 8.38.